The van der Waals surface area contributed by atoms with Gasteiger partial charge in [0.2, 0.25) is 15.9 Å². The molecule has 1 aromatic carbocycles. The zero-order valence-corrected chi connectivity index (χ0v) is 20.4. The van der Waals surface area contributed by atoms with E-state index in [9.17, 15) is 18.5 Å². The molecule has 0 saturated heterocycles. The molecule has 0 aromatic heterocycles. The summed E-state index contributed by atoms with van der Waals surface area (Å²) in [7, 11) is -1.84. The molecule has 5 rings (SSSR count). The Kier molecular flexibility index (Phi) is 5.26. The summed E-state index contributed by atoms with van der Waals surface area (Å²) in [5, 5.41) is 9.39. The lowest BCUT2D eigenvalue weighted by atomic mass is 9.48. The van der Waals surface area contributed by atoms with Gasteiger partial charge in [0.05, 0.1) is 10.5 Å². The molecular weight excluding hydrogens is 434 g/mol. The third-order valence-electron chi connectivity index (χ3n) is 9.72. The van der Waals surface area contributed by atoms with Crippen molar-refractivity contribution < 1.29 is 13.2 Å². The molecule has 0 unspecified atom stereocenters. The van der Waals surface area contributed by atoms with Gasteiger partial charge < -0.3 is 4.90 Å². The number of hydrogen-bond donors (Lipinski definition) is 1. The predicted molar refractivity (Wildman–Crippen MR) is 125 cm³/mol. The summed E-state index contributed by atoms with van der Waals surface area (Å²) in [5.41, 5.74) is 0.0671. The number of sulfonamides is 1. The predicted octanol–water partition coefficient (Wildman–Crippen LogP) is 3.84. The minimum atomic E-state index is -3.78. The van der Waals surface area contributed by atoms with Crippen molar-refractivity contribution in [3.63, 3.8) is 0 Å². The summed E-state index contributed by atoms with van der Waals surface area (Å²) in [6.45, 7) is 4.59. The van der Waals surface area contributed by atoms with Gasteiger partial charge in [-0.15, -0.1) is 0 Å². The van der Waals surface area contributed by atoms with E-state index in [2.05, 4.69) is 24.6 Å². The minimum absolute atomic E-state index is 0.0176. The average Bonchev–Trinajstić information content (AvgIpc) is 3.12. The first-order valence-electron chi connectivity index (χ1n) is 12.1. The number of nitrogens with one attached hydrogen (secondary N) is 1. The van der Waals surface area contributed by atoms with Crippen LogP contribution in [0.2, 0.25) is 0 Å². The molecule has 1 N–H and O–H groups in total. The van der Waals surface area contributed by atoms with Gasteiger partial charge in [0.25, 0.3) is 0 Å². The van der Waals surface area contributed by atoms with E-state index in [4.69, 9.17) is 0 Å². The first kappa shape index (κ1) is 22.6. The second kappa shape index (κ2) is 7.68. The van der Waals surface area contributed by atoms with Gasteiger partial charge in [-0.05, 0) is 79.9 Å². The van der Waals surface area contributed by atoms with E-state index in [1.807, 2.05) is 18.0 Å². The summed E-state index contributed by atoms with van der Waals surface area (Å²) < 4.78 is 29.5. The maximum absolute atomic E-state index is 13.3. The lowest BCUT2D eigenvalue weighted by Gasteiger charge is -2.60. The van der Waals surface area contributed by atoms with Crippen molar-refractivity contribution >= 4 is 15.9 Å². The van der Waals surface area contributed by atoms with Crippen molar-refractivity contribution in [2.75, 3.05) is 7.05 Å². The summed E-state index contributed by atoms with van der Waals surface area (Å²) >= 11 is 0. The van der Waals surface area contributed by atoms with Crippen molar-refractivity contribution in [1.29, 1.82) is 5.26 Å². The summed E-state index contributed by atoms with van der Waals surface area (Å²) in [6.07, 6.45) is 9.88. The van der Waals surface area contributed by atoms with Gasteiger partial charge in [-0.2, -0.15) is 5.26 Å². The van der Waals surface area contributed by atoms with Gasteiger partial charge in [-0.3, -0.25) is 4.79 Å². The number of rotatable bonds is 3. The van der Waals surface area contributed by atoms with E-state index in [-0.39, 0.29) is 39.3 Å². The zero-order chi connectivity index (χ0) is 23.6. The molecule has 0 radical (unpaired) electrons. The molecule has 7 heteroatoms. The Morgan fingerprint density at radius 2 is 1.85 bits per heavy atom. The van der Waals surface area contributed by atoms with Gasteiger partial charge in [-0.25, -0.2) is 13.1 Å². The Hall–Kier alpha value is -2.17. The lowest BCUT2D eigenvalue weighted by molar-refractivity contribution is -0.138. The van der Waals surface area contributed by atoms with Crippen LogP contribution in [0.3, 0.4) is 0 Å². The molecule has 1 aromatic rings. The smallest absolute Gasteiger partial charge is 0.246 e. The molecule has 1 amide bonds. The van der Waals surface area contributed by atoms with Crippen LogP contribution < -0.4 is 4.72 Å². The molecule has 7 atom stereocenters. The first-order valence-corrected chi connectivity index (χ1v) is 13.6. The highest BCUT2D eigenvalue weighted by atomic mass is 32.2. The molecule has 6 nitrogen and oxygen atoms in total. The number of nitrogens with zero attached hydrogens (tertiary/aromatic N) is 2. The molecule has 0 bridgehead atoms. The summed E-state index contributed by atoms with van der Waals surface area (Å²) in [5.74, 6) is 1.61. The van der Waals surface area contributed by atoms with Crippen LogP contribution in [0.4, 0.5) is 0 Å². The minimum Gasteiger partial charge on any atom is -0.338 e. The van der Waals surface area contributed by atoms with Crippen molar-refractivity contribution in [2.24, 2.45) is 28.6 Å². The number of likely N-dealkylation sites (N-methyl/N-ethyl adjacent to an activating group) is 1. The lowest BCUT2D eigenvalue weighted by Crippen LogP contribution is -2.60. The highest BCUT2D eigenvalue weighted by Crippen LogP contribution is 2.64. The third-order valence-corrected chi connectivity index (χ3v) is 11.3. The number of carbonyl (C=O) groups is 1. The van der Waals surface area contributed by atoms with Gasteiger partial charge >= 0.3 is 0 Å². The van der Waals surface area contributed by atoms with E-state index in [1.165, 1.54) is 6.07 Å². The molecule has 4 aliphatic rings. The maximum atomic E-state index is 13.3. The molecule has 0 spiro atoms. The van der Waals surface area contributed by atoms with Gasteiger partial charge in [0.1, 0.15) is 6.07 Å². The normalized spacial score (nSPS) is 40.0. The van der Waals surface area contributed by atoms with Crippen molar-refractivity contribution in [1.82, 2.24) is 9.62 Å². The molecule has 1 heterocycles. The van der Waals surface area contributed by atoms with Gasteiger partial charge in [0.15, 0.2) is 0 Å². The quantitative estimate of drug-likeness (QED) is 0.731. The van der Waals surface area contributed by atoms with Crippen LogP contribution in [-0.4, -0.2) is 38.4 Å². The molecule has 33 heavy (non-hydrogen) atoms. The standard InChI is InChI=1S/C26H33N3O3S/c1-25-14-12-20-18(8-11-23-26(20,2)15-13-24(30)29(23)3)19(25)9-10-22(25)28-33(31,32)21-7-5-4-6-17(21)16-27/h4-7,13,15,18-20,22-23,28H,8-12,14H2,1-3H3/t18-,19-,20-,22-,23+,25-,26+/m0/s1. The van der Waals surface area contributed by atoms with Crippen molar-refractivity contribution in [3.05, 3.63) is 42.0 Å². The van der Waals surface area contributed by atoms with Crippen molar-refractivity contribution in [2.45, 2.75) is 69.4 Å². The van der Waals surface area contributed by atoms with E-state index in [1.54, 1.807) is 24.3 Å². The SMILES string of the molecule is CN1C(=O)C=C[C@]2(C)[C@H]3CC[C@]4(C)[C@@H](NS(=O)(=O)c5ccccc5C#N)CC[C@H]4[C@@H]3CC[C@@H]12. The first-order chi connectivity index (χ1) is 15.6. The van der Waals surface area contributed by atoms with Crippen LogP contribution in [0.5, 0.6) is 0 Å². The average molecular weight is 468 g/mol. The highest BCUT2D eigenvalue weighted by Gasteiger charge is 2.60. The van der Waals surface area contributed by atoms with E-state index in [0.29, 0.717) is 17.8 Å². The largest absolute Gasteiger partial charge is 0.338 e. The molecule has 176 valence electrons. The zero-order valence-electron chi connectivity index (χ0n) is 19.6. The van der Waals surface area contributed by atoms with E-state index >= 15 is 0 Å². The van der Waals surface area contributed by atoms with Crippen LogP contribution in [0.1, 0.15) is 57.9 Å². The number of nitriles is 1. The third kappa shape index (κ3) is 3.29. The van der Waals surface area contributed by atoms with Crippen LogP contribution in [0, 0.1) is 39.9 Å². The highest BCUT2D eigenvalue weighted by molar-refractivity contribution is 7.89. The second-order valence-electron chi connectivity index (χ2n) is 11.0. The molecular formula is C26H33N3O3S. The molecule has 3 saturated carbocycles. The van der Waals surface area contributed by atoms with Crippen LogP contribution in [-0.2, 0) is 14.8 Å². The van der Waals surface area contributed by atoms with Crippen LogP contribution >= 0.6 is 0 Å². The summed E-state index contributed by atoms with van der Waals surface area (Å²) in [6, 6.07) is 8.56. The molecule has 3 aliphatic carbocycles. The number of carbonyl (C=O) groups excluding carboxylic acids is 1. The number of amides is 1. The Labute approximate surface area is 197 Å². The van der Waals surface area contributed by atoms with Gasteiger partial charge in [0, 0.05) is 24.5 Å². The summed E-state index contributed by atoms with van der Waals surface area (Å²) in [4.78, 5) is 14.3. The Bertz CT molecular complexity index is 1160. The fourth-order valence-electron chi connectivity index (χ4n) is 7.98. The fraction of sp³-hybridized carbons (Fsp3) is 0.615. The van der Waals surface area contributed by atoms with Crippen LogP contribution in [0.15, 0.2) is 41.3 Å². The Balaban J connectivity index is 1.41. The Morgan fingerprint density at radius 3 is 2.61 bits per heavy atom. The Morgan fingerprint density at radius 1 is 1.09 bits per heavy atom. The molecule has 1 aliphatic heterocycles. The maximum Gasteiger partial charge on any atom is 0.246 e. The topological polar surface area (TPSA) is 90.3 Å². The number of fused-ring (bicyclic) bond motifs is 5. The fourth-order valence-corrected chi connectivity index (χ4v) is 9.53. The molecule has 3 fully saturated rings. The van der Waals surface area contributed by atoms with E-state index in [0.717, 1.165) is 38.5 Å². The van der Waals surface area contributed by atoms with Crippen LogP contribution in [0.25, 0.3) is 0 Å². The van der Waals surface area contributed by atoms with Crippen molar-refractivity contribution in [3.8, 4) is 6.07 Å². The second-order valence-corrected chi connectivity index (χ2v) is 12.7. The van der Waals surface area contributed by atoms with E-state index < -0.39 is 10.0 Å². The number of benzene rings is 1. The number of hydrogen-bond acceptors (Lipinski definition) is 4. The monoisotopic (exact) mass is 467 g/mol. The van der Waals surface area contributed by atoms with Gasteiger partial charge in [-0.1, -0.05) is 32.1 Å².